The smallest absolute Gasteiger partial charge is 0.254 e. The predicted octanol–water partition coefficient (Wildman–Crippen LogP) is 4.32. The fourth-order valence-corrected chi connectivity index (χ4v) is 4.52. The van der Waals surface area contributed by atoms with Gasteiger partial charge in [0.25, 0.3) is 5.91 Å². The normalized spacial score (nSPS) is 15.5. The Balaban J connectivity index is 1.38. The molecule has 0 aromatic heterocycles. The summed E-state index contributed by atoms with van der Waals surface area (Å²) in [5.41, 5.74) is 1.78. The van der Waals surface area contributed by atoms with E-state index in [2.05, 4.69) is 5.32 Å². The summed E-state index contributed by atoms with van der Waals surface area (Å²) < 4.78 is 0. The molecule has 5 heteroatoms. The van der Waals surface area contributed by atoms with Crippen molar-refractivity contribution in [3.05, 3.63) is 83.9 Å². The van der Waals surface area contributed by atoms with Gasteiger partial charge >= 0.3 is 0 Å². The minimum absolute atomic E-state index is 0.0331. The summed E-state index contributed by atoms with van der Waals surface area (Å²) in [7, 11) is 0. The van der Waals surface area contributed by atoms with Gasteiger partial charge < -0.3 is 15.3 Å². The lowest BCUT2D eigenvalue weighted by molar-refractivity contribution is -0.127. The molecular weight excluding hydrogens is 400 g/mol. The number of nitrogens with zero attached hydrogens (tertiary/aromatic N) is 1. The molecule has 4 rings (SSSR count). The summed E-state index contributed by atoms with van der Waals surface area (Å²) in [6, 6.07) is 23.5. The minimum Gasteiger partial charge on any atom is -0.396 e. The average molecular weight is 431 g/mol. The van der Waals surface area contributed by atoms with Crippen LogP contribution in [0, 0.1) is 5.92 Å². The zero-order chi connectivity index (χ0) is 22.3. The second-order valence-electron chi connectivity index (χ2n) is 8.43. The van der Waals surface area contributed by atoms with Crippen LogP contribution in [-0.4, -0.2) is 41.5 Å². The third kappa shape index (κ3) is 5.00. The van der Waals surface area contributed by atoms with E-state index in [1.165, 1.54) is 0 Å². The van der Waals surface area contributed by atoms with E-state index in [0.29, 0.717) is 38.8 Å². The number of carbonyl (C=O) groups is 2. The molecular formula is C27H30N2O3. The van der Waals surface area contributed by atoms with E-state index in [1.807, 2.05) is 77.7 Å². The molecule has 1 heterocycles. The number of likely N-dealkylation sites (tertiary alicyclic amines) is 1. The summed E-state index contributed by atoms with van der Waals surface area (Å²) >= 11 is 0. The number of aliphatic hydroxyl groups excluding tert-OH is 1. The first-order valence-electron chi connectivity index (χ1n) is 11.4. The van der Waals surface area contributed by atoms with Crippen molar-refractivity contribution in [1.82, 2.24) is 10.2 Å². The van der Waals surface area contributed by atoms with Crippen molar-refractivity contribution < 1.29 is 14.7 Å². The quantitative estimate of drug-likeness (QED) is 0.586. The van der Waals surface area contributed by atoms with Gasteiger partial charge in [-0.15, -0.1) is 0 Å². The molecule has 0 unspecified atom stereocenters. The van der Waals surface area contributed by atoms with Gasteiger partial charge in [-0.2, -0.15) is 0 Å². The molecule has 32 heavy (non-hydrogen) atoms. The van der Waals surface area contributed by atoms with Crippen molar-refractivity contribution in [1.29, 1.82) is 0 Å². The van der Waals surface area contributed by atoms with Gasteiger partial charge in [0.1, 0.15) is 0 Å². The van der Waals surface area contributed by atoms with Gasteiger partial charge in [0.15, 0.2) is 0 Å². The van der Waals surface area contributed by atoms with E-state index in [-0.39, 0.29) is 30.4 Å². The van der Waals surface area contributed by atoms with Crippen LogP contribution in [0.1, 0.15) is 47.6 Å². The zero-order valence-electron chi connectivity index (χ0n) is 18.2. The van der Waals surface area contributed by atoms with Crippen molar-refractivity contribution in [3.8, 4) is 0 Å². The molecule has 1 aliphatic rings. The number of carbonyl (C=O) groups excluding carboxylic acids is 2. The summed E-state index contributed by atoms with van der Waals surface area (Å²) in [5.74, 6) is -0.0354. The van der Waals surface area contributed by atoms with E-state index < -0.39 is 0 Å². The Morgan fingerprint density at radius 2 is 1.62 bits per heavy atom. The maximum atomic E-state index is 13.2. The maximum absolute atomic E-state index is 13.2. The third-order valence-corrected chi connectivity index (χ3v) is 6.34. The third-order valence-electron chi connectivity index (χ3n) is 6.34. The van der Waals surface area contributed by atoms with Gasteiger partial charge in [-0.05, 0) is 48.1 Å². The Morgan fingerprint density at radius 3 is 2.38 bits per heavy atom. The second-order valence-corrected chi connectivity index (χ2v) is 8.43. The largest absolute Gasteiger partial charge is 0.396 e. The van der Waals surface area contributed by atoms with Gasteiger partial charge in [-0.25, -0.2) is 0 Å². The van der Waals surface area contributed by atoms with Crippen LogP contribution in [0.15, 0.2) is 72.8 Å². The molecule has 2 N–H and O–H groups in total. The highest BCUT2D eigenvalue weighted by Gasteiger charge is 2.29. The Bertz CT molecular complexity index is 1050. The molecule has 0 aliphatic carbocycles. The van der Waals surface area contributed by atoms with Crippen molar-refractivity contribution in [2.75, 3.05) is 19.7 Å². The predicted molar refractivity (Wildman–Crippen MR) is 126 cm³/mol. The molecule has 1 fully saturated rings. The molecule has 1 aliphatic heterocycles. The number of fused-ring (bicyclic) bond motifs is 1. The van der Waals surface area contributed by atoms with Crippen LogP contribution in [0.5, 0.6) is 0 Å². The van der Waals surface area contributed by atoms with Gasteiger partial charge in [0.2, 0.25) is 5.91 Å². The Kier molecular flexibility index (Phi) is 7.17. The van der Waals surface area contributed by atoms with Gasteiger partial charge in [0, 0.05) is 31.2 Å². The van der Waals surface area contributed by atoms with Gasteiger partial charge in [-0.3, -0.25) is 9.59 Å². The summed E-state index contributed by atoms with van der Waals surface area (Å²) in [5, 5.41) is 14.4. The summed E-state index contributed by atoms with van der Waals surface area (Å²) in [4.78, 5) is 28.0. The maximum Gasteiger partial charge on any atom is 0.254 e. The second kappa shape index (κ2) is 10.4. The number of benzene rings is 3. The van der Waals surface area contributed by atoms with Gasteiger partial charge in [-0.1, -0.05) is 66.7 Å². The SMILES string of the molecule is O=C(N[C@H](CCCO)c1ccccc1)C1CCN(C(=O)c2cccc3ccccc23)CC1. The van der Waals surface area contributed by atoms with Crippen LogP contribution in [-0.2, 0) is 4.79 Å². The van der Waals surface area contributed by atoms with Crippen LogP contribution in [0.2, 0.25) is 0 Å². The number of amides is 2. The molecule has 0 saturated carbocycles. The topological polar surface area (TPSA) is 69.6 Å². The first-order chi connectivity index (χ1) is 15.7. The van der Waals surface area contributed by atoms with Crippen LogP contribution in [0.4, 0.5) is 0 Å². The molecule has 0 radical (unpaired) electrons. The highest BCUT2D eigenvalue weighted by Crippen LogP contribution is 2.25. The van der Waals surface area contributed by atoms with Crippen LogP contribution >= 0.6 is 0 Å². The number of piperidine rings is 1. The molecule has 3 aromatic carbocycles. The van der Waals surface area contributed by atoms with Crippen molar-refractivity contribution in [2.24, 2.45) is 5.92 Å². The number of hydrogen-bond acceptors (Lipinski definition) is 3. The first kappa shape index (κ1) is 22.0. The molecule has 0 spiro atoms. The van der Waals surface area contributed by atoms with E-state index in [9.17, 15) is 14.7 Å². The average Bonchev–Trinajstić information content (AvgIpc) is 2.86. The van der Waals surface area contributed by atoms with E-state index in [0.717, 1.165) is 21.9 Å². The lowest BCUT2D eigenvalue weighted by Crippen LogP contribution is -2.43. The van der Waals surface area contributed by atoms with E-state index in [1.54, 1.807) is 0 Å². The number of rotatable bonds is 7. The Morgan fingerprint density at radius 1 is 0.938 bits per heavy atom. The molecule has 1 atom stereocenters. The highest BCUT2D eigenvalue weighted by atomic mass is 16.3. The van der Waals surface area contributed by atoms with E-state index in [4.69, 9.17) is 0 Å². The lowest BCUT2D eigenvalue weighted by atomic mass is 9.93. The lowest BCUT2D eigenvalue weighted by Gasteiger charge is -2.32. The minimum atomic E-state index is -0.105. The van der Waals surface area contributed by atoms with E-state index >= 15 is 0 Å². The zero-order valence-corrected chi connectivity index (χ0v) is 18.2. The van der Waals surface area contributed by atoms with Crippen molar-refractivity contribution in [3.63, 3.8) is 0 Å². The van der Waals surface area contributed by atoms with Crippen LogP contribution in [0.3, 0.4) is 0 Å². The van der Waals surface area contributed by atoms with Crippen LogP contribution in [0.25, 0.3) is 10.8 Å². The van der Waals surface area contributed by atoms with Crippen molar-refractivity contribution >= 4 is 22.6 Å². The molecule has 0 bridgehead atoms. The molecule has 3 aromatic rings. The molecule has 2 amide bonds. The van der Waals surface area contributed by atoms with Crippen molar-refractivity contribution in [2.45, 2.75) is 31.7 Å². The highest BCUT2D eigenvalue weighted by molar-refractivity contribution is 6.07. The summed E-state index contributed by atoms with van der Waals surface area (Å²) in [6.45, 7) is 1.26. The fraction of sp³-hybridized carbons (Fsp3) is 0.333. The monoisotopic (exact) mass is 430 g/mol. The molecule has 5 nitrogen and oxygen atoms in total. The summed E-state index contributed by atoms with van der Waals surface area (Å²) in [6.07, 6.45) is 2.65. The molecule has 166 valence electrons. The van der Waals surface area contributed by atoms with Gasteiger partial charge in [0.05, 0.1) is 6.04 Å². The Hall–Kier alpha value is -3.18. The number of hydrogen-bond donors (Lipinski definition) is 2. The number of aliphatic hydroxyl groups is 1. The first-order valence-corrected chi connectivity index (χ1v) is 11.4. The number of nitrogens with one attached hydrogen (secondary N) is 1. The standard InChI is InChI=1S/C27H30N2O3/c30-19-7-14-25(21-9-2-1-3-10-21)28-26(31)22-15-17-29(18-16-22)27(32)24-13-6-11-20-8-4-5-12-23(20)24/h1-6,8-13,22,25,30H,7,14-19H2,(H,28,31)/t25-/m1/s1. The molecule has 1 saturated heterocycles. The fourth-order valence-electron chi connectivity index (χ4n) is 4.52. The van der Waals surface area contributed by atoms with Crippen LogP contribution < -0.4 is 5.32 Å². The Labute approximate surface area is 189 Å².